The van der Waals surface area contributed by atoms with Crippen LogP contribution in [0.4, 0.5) is 0 Å². The van der Waals surface area contributed by atoms with E-state index >= 15 is 0 Å². The molecule has 0 aromatic heterocycles. The minimum absolute atomic E-state index is 0. The summed E-state index contributed by atoms with van der Waals surface area (Å²) in [6, 6.07) is 0. The van der Waals surface area contributed by atoms with Crippen LogP contribution in [0.3, 0.4) is 0 Å². The van der Waals surface area contributed by atoms with Gasteiger partial charge in [0.1, 0.15) is 0 Å². The SMILES string of the molecule is CC(=O)[O-].CC(=O)[O-].O. The molecule has 0 unspecified atom stereocenters. The molecule has 56 valence electrons. The summed E-state index contributed by atoms with van der Waals surface area (Å²) in [5, 5.41) is 17.8. The highest BCUT2D eigenvalue weighted by Gasteiger charge is 1.46. The maximum Gasteiger partial charge on any atom is 0.0383 e. The topological polar surface area (TPSA) is 112 Å². The van der Waals surface area contributed by atoms with Gasteiger partial charge in [-0.1, -0.05) is 0 Å². The molecular formula is C4H8O5-2. The summed E-state index contributed by atoms with van der Waals surface area (Å²) in [6.45, 7) is 1.94. The molecule has 0 fully saturated rings. The summed E-state index contributed by atoms with van der Waals surface area (Å²) in [7, 11) is 0. The summed E-state index contributed by atoms with van der Waals surface area (Å²) >= 11 is 0. The Kier molecular flexibility index (Phi) is 17.4. The molecule has 0 rings (SSSR count). The van der Waals surface area contributed by atoms with E-state index in [2.05, 4.69) is 0 Å². The largest absolute Gasteiger partial charge is 0.550 e. The Labute approximate surface area is 52.2 Å². The van der Waals surface area contributed by atoms with Gasteiger partial charge in [-0.15, -0.1) is 0 Å². The van der Waals surface area contributed by atoms with Gasteiger partial charge >= 0.3 is 0 Å². The van der Waals surface area contributed by atoms with Crippen molar-refractivity contribution in [3.63, 3.8) is 0 Å². The Hall–Kier alpha value is -1.10. The van der Waals surface area contributed by atoms with Gasteiger partial charge in [0.05, 0.1) is 0 Å². The molecule has 5 heteroatoms. The van der Waals surface area contributed by atoms with E-state index in [-0.39, 0.29) is 5.48 Å². The van der Waals surface area contributed by atoms with E-state index in [0.29, 0.717) is 0 Å². The van der Waals surface area contributed by atoms with E-state index in [4.69, 9.17) is 19.8 Å². The van der Waals surface area contributed by atoms with Crippen LogP contribution in [0.2, 0.25) is 0 Å². The molecular weight excluding hydrogens is 128 g/mol. The van der Waals surface area contributed by atoms with Gasteiger partial charge in [0, 0.05) is 11.9 Å². The first-order chi connectivity index (χ1) is 3.46. The Morgan fingerprint density at radius 3 is 1.00 bits per heavy atom. The molecule has 5 nitrogen and oxygen atoms in total. The van der Waals surface area contributed by atoms with Crippen LogP contribution in [0.1, 0.15) is 13.8 Å². The van der Waals surface area contributed by atoms with Crippen molar-refractivity contribution in [3.05, 3.63) is 0 Å². The van der Waals surface area contributed by atoms with Crippen molar-refractivity contribution >= 4 is 11.9 Å². The smallest absolute Gasteiger partial charge is 0.0383 e. The molecule has 0 bridgehead atoms. The van der Waals surface area contributed by atoms with Crippen molar-refractivity contribution in [3.8, 4) is 0 Å². The molecule has 0 aromatic rings. The van der Waals surface area contributed by atoms with Crippen molar-refractivity contribution in [1.82, 2.24) is 0 Å². The molecule has 9 heavy (non-hydrogen) atoms. The van der Waals surface area contributed by atoms with Gasteiger partial charge in [-0.25, -0.2) is 0 Å². The van der Waals surface area contributed by atoms with Gasteiger partial charge in [0.25, 0.3) is 0 Å². The summed E-state index contributed by atoms with van der Waals surface area (Å²) in [5.41, 5.74) is 0. The van der Waals surface area contributed by atoms with Gasteiger partial charge < -0.3 is 25.3 Å². The number of hydrogen-bond donors (Lipinski definition) is 0. The van der Waals surface area contributed by atoms with Gasteiger partial charge in [0.2, 0.25) is 0 Å². The first-order valence-electron chi connectivity index (χ1n) is 1.82. The molecule has 0 radical (unpaired) electrons. The highest BCUT2D eigenvalue weighted by molar-refractivity contribution is 5.60. The minimum Gasteiger partial charge on any atom is -0.550 e. The standard InChI is InChI=1S/2C2H4O2.H2O/c2*1-2(3)4;/h2*1H3,(H,3,4);1H2/p-2. The number of aliphatic carboxylic acids is 2. The zero-order valence-electron chi connectivity index (χ0n) is 5.13. The molecule has 0 aliphatic rings. The number of rotatable bonds is 0. The van der Waals surface area contributed by atoms with E-state index in [1.54, 1.807) is 0 Å². The average molecular weight is 136 g/mol. The predicted octanol–water partition coefficient (Wildman–Crippen LogP) is -3.31. The first kappa shape index (κ1) is 15.7. The summed E-state index contributed by atoms with van der Waals surface area (Å²) in [6.07, 6.45) is 0. The van der Waals surface area contributed by atoms with Gasteiger partial charge in [-0.3, -0.25) is 0 Å². The Bertz CT molecular complexity index is 67.0. The molecule has 0 amide bonds. The lowest BCUT2D eigenvalue weighted by molar-refractivity contribution is -0.303. The lowest BCUT2D eigenvalue weighted by atomic mass is 10.9. The lowest BCUT2D eigenvalue weighted by Crippen LogP contribution is -2.16. The molecule has 2 N–H and O–H groups in total. The molecule has 0 aliphatic heterocycles. The molecule has 0 saturated carbocycles. The Morgan fingerprint density at radius 2 is 1.00 bits per heavy atom. The number of carboxylic acid groups (broad SMARTS) is 2. The monoisotopic (exact) mass is 136 g/mol. The third-order valence-corrected chi connectivity index (χ3v) is 0. The number of carboxylic acids is 2. The van der Waals surface area contributed by atoms with Gasteiger partial charge in [-0.05, 0) is 13.8 Å². The fourth-order valence-electron chi connectivity index (χ4n) is 0. The zero-order valence-corrected chi connectivity index (χ0v) is 5.13. The lowest BCUT2D eigenvalue weighted by Gasteiger charge is -1.77. The van der Waals surface area contributed by atoms with Crippen LogP contribution < -0.4 is 10.2 Å². The Morgan fingerprint density at radius 1 is 1.00 bits per heavy atom. The van der Waals surface area contributed by atoms with E-state index in [1.807, 2.05) is 0 Å². The number of carbonyl (C=O) groups is 2. The van der Waals surface area contributed by atoms with E-state index in [9.17, 15) is 0 Å². The van der Waals surface area contributed by atoms with Crippen LogP contribution >= 0.6 is 0 Å². The van der Waals surface area contributed by atoms with E-state index < -0.39 is 11.9 Å². The van der Waals surface area contributed by atoms with Crippen molar-refractivity contribution in [2.75, 3.05) is 0 Å². The molecule has 0 aliphatic carbocycles. The molecule has 0 spiro atoms. The van der Waals surface area contributed by atoms with Crippen molar-refractivity contribution in [1.29, 1.82) is 0 Å². The zero-order chi connectivity index (χ0) is 7.15. The third kappa shape index (κ3) is 137. The van der Waals surface area contributed by atoms with Crippen LogP contribution in [-0.2, 0) is 9.59 Å². The summed E-state index contributed by atoms with van der Waals surface area (Å²) < 4.78 is 0. The maximum absolute atomic E-state index is 8.89. The van der Waals surface area contributed by atoms with E-state index in [0.717, 1.165) is 13.8 Å². The maximum atomic E-state index is 8.89. The first-order valence-corrected chi connectivity index (χ1v) is 1.82. The van der Waals surface area contributed by atoms with Gasteiger partial charge in [-0.2, -0.15) is 0 Å². The van der Waals surface area contributed by atoms with Crippen LogP contribution in [-0.4, -0.2) is 17.4 Å². The highest BCUT2D eigenvalue weighted by atomic mass is 16.4. The summed E-state index contributed by atoms with van der Waals surface area (Å²) in [4.78, 5) is 17.8. The van der Waals surface area contributed by atoms with Crippen LogP contribution in [0.5, 0.6) is 0 Å². The Balaban J connectivity index is -0.0000000720. The second-order valence-electron chi connectivity index (χ2n) is 0.983. The fourth-order valence-corrected chi connectivity index (χ4v) is 0. The molecule has 0 heterocycles. The summed E-state index contributed by atoms with van der Waals surface area (Å²) in [5.74, 6) is -2.17. The second kappa shape index (κ2) is 10.0. The van der Waals surface area contributed by atoms with Crippen molar-refractivity contribution in [2.45, 2.75) is 13.8 Å². The average Bonchev–Trinajstić information content (AvgIpc) is 1.25. The normalized spacial score (nSPS) is 5.56. The fraction of sp³-hybridized carbons (Fsp3) is 0.500. The number of hydrogen-bond acceptors (Lipinski definition) is 4. The van der Waals surface area contributed by atoms with Crippen molar-refractivity contribution < 1.29 is 25.3 Å². The van der Waals surface area contributed by atoms with Crippen LogP contribution in [0.25, 0.3) is 0 Å². The third-order valence-electron chi connectivity index (χ3n) is 0. The van der Waals surface area contributed by atoms with E-state index in [1.165, 1.54) is 0 Å². The molecule has 0 saturated heterocycles. The van der Waals surface area contributed by atoms with Crippen molar-refractivity contribution in [2.24, 2.45) is 0 Å². The number of carbonyl (C=O) groups excluding carboxylic acids is 2. The van der Waals surface area contributed by atoms with Gasteiger partial charge in [0.15, 0.2) is 0 Å². The molecule has 0 atom stereocenters. The van der Waals surface area contributed by atoms with Crippen LogP contribution in [0.15, 0.2) is 0 Å². The highest BCUT2D eigenvalue weighted by Crippen LogP contribution is 1.31. The predicted molar refractivity (Wildman–Crippen MR) is 25.0 cm³/mol. The molecule has 0 aromatic carbocycles. The minimum atomic E-state index is -1.08. The quantitative estimate of drug-likeness (QED) is 0.347. The van der Waals surface area contributed by atoms with Crippen LogP contribution in [0, 0.1) is 0 Å². The second-order valence-corrected chi connectivity index (χ2v) is 0.983.